The number of thiophene rings is 1. The Morgan fingerprint density at radius 3 is 2.62 bits per heavy atom. The van der Waals surface area contributed by atoms with Crippen LogP contribution in [-0.2, 0) is 0 Å². The normalized spacial score (nSPS) is 7.62. The summed E-state index contributed by atoms with van der Waals surface area (Å²) < 4.78 is 0. The summed E-state index contributed by atoms with van der Waals surface area (Å²) in [4.78, 5) is 0. The van der Waals surface area contributed by atoms with E-state index in [0.717, 1.165) is 0 Å². The highest BCUT2D eigenvalue weighted by atomic mass is 79.9. The van der Waals surface area contributed by atoms with Gasteiger partial charge in [-0.05, 0) is 17.5 Å². The third-order valence-electron chi connectivity index (χ3n) is 0.768. The van der Waals surface area contributed by atoms with Crippen LogP contribution in [0.1, 0.15) is 0 Å². The lowest BCUT2D eigenvalue weighted by atomic mass is 10.6. The first-order chi connectivity index (χ1) is 3.43. The van der Waals surface area contributed by atoms with Gasteiger partial charge in [0.05, 0.1) is 5.00 Å². The molecule has 0 amide bonds. The van der Waals surface area contributed by atoms with Gasteiger partial charge < -0.3 is 5.32 Å². The maximum absolute atomic E-state index is 3.03. The number of rotatable bonds is 1. The van der Waals surface area contributed by atoms with Crippen LogP contribution >= 0.6 is 28.3 Å². The van der Waals surface area contributed by atoms with E-state index in [-0.39, 0.29) is 17.0 Å². The molecule has 1 N–H and O–H groups in total. The highest BCUT2D eigenvalue weighted by Gasteiger charge is 1.80. The van der Waals surface area contributed by atoms with Gasteiger partial charge in [0, 0.05) is 7.05 Å². The summed E-state index contributed by atoms with van der Waals surface area (Å²) in [5.41, 5.74) is 0. The Hall–Kier alpha value is -0.0200. The van der Waals surface area contributed by atoms with E-state index in [2.05, 4.69) is 5.32 Å². The molecule has 0 saturated carbocycles. The minimum Gasteiger partial charge on any atom is -0.380 e. The first kappa shape index (κ1) is 7.98. The second-order valence-corrected chi connectivity index (χ2v) is 2.17. The average Bonchev–Trinajstić information content (AvgIpc) is 2.14. The number of nitrogens with one attached hydrogen (secondary N) is 1. The van der Waals surface area contributed by atoms with E-state index >= 15 is 0 Å². The van der Waals surface area contributed by atoms with E-state index in [0.29, 0.717) is 0 Å². The lowest BCUT2D eigenvalue weighted by Crippen LogP contribution is -1.79. The molecule has 0 aliphatic carbocycles. The van der Waals surface area contributed by atoms with Crippen molar-refractivity contribution in [3.63, 3.8) is 0 Å². The first-order valence-corrected chi connectivity index (χ1v) is 3.02. The highest BCUT2D eigenvalue weighted by molar-refractivity contribution is 8.93. The second-order valence-electron chi connectivity index (χ2n) is 1.23. The van der Waals surface area contributed by atoms with Crippen LogP contribution in [0.2, 0.25) is 0 Å². The fraction of sp³-hybridized carbons (Fsp3) is 0.200. The van der Waals surface area contributed by atoms with Crippen molar-refractivity contribution in [1.82, 2.24) is 0 Å². The lowest BCUT2D eigenvalue weighted by Gasteiger charge is -1.85. The lowest BCUT2D eigenvalue weighted by molar-refractivity contribution is 1.60. The maximum Gasteiger partial charge on any atom is 0.0879 e. The molecule has 1 aromatic rings. The average molecular weight is 194 g/mol. The molecule has 0 unspecified atom stereocenters. The van der Waals surface area contributed by atoms with Crippen LogP contribution in [0.25, 0.3) is 0 Å². The van der Waals surface area contributed by atoms with Gasteiger partial charge in [0.2, 0.25) is 0 Å². The Morgan fingerprint density at radius 1 is 1.62 bits per heavy atom. The zero-order chi connectivity index (χ0) is 5.11. The van der Waals surface area contributed by atoms with Crippen LogP contribution in [0.5, 0.6) is 0 Å². The van der Waals surface area contributed by atoms with Crippen molar-refractivity contribution < 1.29 is 0 Å². The summed E-state index contributed by atoms with van der Waals surface area (Å²) in [6.07, 6.45) is 0. The Balaban J connectivity index is 0.000000490. The molecule has 1 aromatic heterocycles. The van der Waals surface area contributed by atoms with E-state index in [1.165, 1.54) is 5.00 Å². The fourth-order valence-electron chi connectivity index (χ4n) is 0.421. The van der Waals surface area contributed by atoms with Crippen molar-refractivity contribution in [1.29, 1.82) is 0 Å². The van der Waals surface area contributed by atoms with Gasteiger partial charge in [-0.1, -0.05) is 0 Å². The van der Waals surface area contributed by atoms with E-state index in [1.54, 1.807) is 11.3 Å². The molecular formula is C5H8BrNS. The molecule has 8 heavy (non-hydrogen) atoms. The SMILES string of the molecule is Br.CNc1cccs1. The van der Waals surface area contributed by atoms with Gasteiger partial charge >= 0.3 is 0 Å². The van der Waals surface area contributed by atoms with Gasteiger partial charge in [-0.25, -0.2) is 0 Å². The number of halogens is 1. The standard InChI is InChI=1S/C5H7NS.BrH/c1-6-5-3-2-4-7-5;/h2-4,6H,1H3;1H. The van der Waals surface area contributed by atoms with Gasteiger partial charge in [0.15, 0.2) is 0 Å². The zero-order valence-corrected chi connectivity index (χ0v) is 7.08. The molecule has 0 spiro atoms. The Labute approximate surface area is 63.5 Å². The number of anilines is 1. The topological polar surface area (TPSA) is 12.0 Å². The van der Waals surface area contributed by atoms with Crippen molar-refractivity contribution in [2.45, 2.75) is 0 Å². The zero-order valence-electron chi connectivity index (χ0n) is 4.55. The summed E-state index contributed by atoms with van der Waals surface area (Å²) in [7, 11) is 1.92. The van der Waals surface area contributed by atoms with Crippen molar-refractivity contribution >= 4 is 33.3 Å². The molecule has 0 radical (unpaired) electrons. The van der Waals surface area contributed by atoms with Crippen LogP contribution in [0, 0.1) is 0 Å². The van der Waals surface area contributed by atoms with Crippen molar-refractivity contribution in [3.8, 4) is 0 Å². The highest BCUT2D eigenvalue weighted by Crippen LogP contribution is 2.12. The Kier molecular flexibility index (Phi) is 3.91. The molecule has 1 rings (SSSR count). The smallest absolute Gasteiger partial charge is 0.0879 e. The van der Waals surface area contributed by atoms with E-state index in [4.69, 9.17) is 0 Å². The summed E-state index contributed by atoms with van der Waals surface area (Å²) >= 11 is 1.71. The van der Waals surface area contributed by atoms with Crippen LogP contribution in [-0.4, -0.2) is 7.05 Å². The monoisotopic (exact) mass is 193 g/mol. The van der Waals surface area contributed by atoms with Gasteiger partial charge in [0.1, 0.15) is 0 Å². The molecule has 46 valence electrons. The molecule has 0 atom stereocenters. The summed E-state index contributed by atoms with van der Waals surface area (Å²) in [5.74, 6) is 0. The van der Waals surface area contributed by atoms with Crippen LogP contribution < -0.4 is 5.32 Å². The van der Waals surface area contributed by atoms with Crippen molar-refractivity contribution in [3.05, 3.63) is 17.5 Å². The van der Waals surface area contributed by atoms with E-state index < -0.39 is 0 Å². The largest absolute Gasteiger partial charge is 0.380 e. The summed E-state index contributed by atoms with van der Waals surface area (Å²) in [6, 6.07) is 4.07. The molecule has 0 aromatic carbocycles. The number of hydrogen-bond donors (Lipinski definition) is 1. The van der Waals surface area contributed by atoms with Crippen molar-refractivity contribution in [2.24, 2.45) is 0 Å². The quantitative estimate of drug-likeness (QED) is 0.723. The maximum atomic E-state index is 3.03. The second kappa shape index (κ2) is 3.92. The molecule has 0 saturated heterocycles. The Morgan fingerprint density at radius 2 is 2.38 bits per heavy atom. The molecular weight excluding hydrogens is 186 g/mol. The summed E-state index contributed by atoms with van der Waals surface area (Å²) in [6.45, 7) is 0. The van der Waals surface area contributed by atoms with Gasteiger partial charge in [-0.15, -0.1) is 28.3 Å². The Bertz CT molecular complexity index is 127. The molecule has 0 fully saturated rings. The minimum atomic E-state index is 0. The first-order valence-electron chi connectivity index (χ1n) is 2.15. The van der Waals surface area contributed by atoms with Crippen LogP contribution in [0.15, 0.2) is 17.5 Å². The third kappa shape index (κ3) is 1.84. The molecule has 0 aliphatic rings. The fourth-order valence-corrected chi connectivity index (χ4v) is 1.000. The van der Waals surface area contributed by atoms with Crippen LogP contribution in [0.3, 0.4) is 0 Å². The third-order valence-corrected chi connectivity index (χ3v) is 1.65. The molecule has 0 aliphatic heterocycles. The predicted molar refractivity (Wildman–Crippen MR) is 44.2 cm³/mol. The molecule has 1 heterocycles. The predicted octanol–water partition coefficient (Wildman–Crippen LogP) is 2.37. The van der Waals surface area contributed by atoms with Gasteiger partial charge in [-0.3, -0.25) is 0 Å². The van der Waals surface area contributed by atoms with Crippen LogP contribution in [0.4, 0.5) is 5.00 Å². The molecule has 3 heteroatoms. The van der Waals surface area contributed by atoms with Crippen molar-refractivity contribution in [2.75, 3.05) is 12.4 Å². The van der Waals surface area contributed by atoms with E-state index in [9.17, 15) is 0 Å². The van der Waals surface area contributed by atoms with Gasteiger partial charge in [-0.2, -0.15) is 0 Å². The summed E-state index contributed by atoms with van der Waals surface area (Å²) in [5, 5.41) is 6.30. The van der Waals surface area contributed by atoms with Gasteiger partial charge in [0.25, 0.3) is 0 Å². The molecule has 1 nitrogen and oxygen atoms in total. The number of hydrogen-bond acceptors (Lipinski definition) is 2. The van der Waals surface area contributed by atoms with E-state index in [1.807, 2.05) is 24.6 Å². The molecule has 0 bridgehead atoms. The minimum absolute atomic E-state index is 0.